The molecule has 26 heavy (non-hydrogen) atoms. The van der Waals surface area contributed by atoms with E-state index in [-0.39, 0.29) is 24.1 Å². The third kappa shape index (κ3) is 2.80. The lowest BCUT2D eigenvalue weighted by Crippen LogP contribution is -2.49. The van der Waals surface area contributed by atoms with Gasteiger partial charge in [-0.1, -0.05) is 12.5 Å². The number of ether oxygens (including phenoxy) is 1. The smallest absolute Gasteiger partial charge is 0.239 e. The van der Waals surface area contributed by atoms with E-state index in [2.05, 4.69) is 28.3 Å². The number of carbonyl (C=O) groups excluding carboxylic acids is 1. The van der Waals surface area contributed by atoms with Crippen molar-refractivity contribution in [3.63, 3.8) is 0 Å². The number of nitrogens with one attached hydrogen (secondary N) is 3. The third-order valence-corrected chi connectivity index (χ3v) is 6.70. The Bertz CT molecular complexity index is 704. The maximum atomic E-state index is 13.0. The predicted octanol–water partition coefficient (Wildman–Crippen LogP) is 1.19. The highest BCUT2D eigenvalue weighted by Gasteiger charge is 2.44. The first-order valence-electron chi connectivity index (χ1n) is 9.94. The Kier molecular flexibility index (Phi) is 4.14. The number of aliphatic hydroxyl groups excluding tert-OH is 1. The maximum Gasteiger partial charge on any atom is 0.239 e. The lowest BCUT2D eigenvalue weighted by molar-refractivity contribution is -0.125. The molecule has 6 heteroatoms. The standard InChI is InChI=1S/C20H27N3O3/c24-14-9-13(10-14)18(12-4-5-17-11(8-12)6-7-26-17)21-20(25)19-15-2-1-3-16(15)22-23-19/h4-5,8,13-16,18-19,22-24H,1-3,6-7,9-10H2,(H,21,25). The van der Waals surface area contributed by atoms with Gasteiger partial charge in [0, 0.05) is 18.4 Å². The largest absolute Gasteiger partial charge is 0.493 e. The molecule has 0 aromatic heterocycles. The summed E-state index contributed by atoms with van der Waals surface area (Å²) < 4.78 is 5.62. The van der Waals surface area contributed by atoms with Crippen molar-refractivity contribution in [2.45, 2.75) is 62.8 Å². The highest BCUT2D eigenvalue weighted by Crippen LogP contribution is 2.40. The monoisotopic (exact) mass is 357 g/mol. The molecule has 0 spiro atoms. The van der Waals surface area contributed by atoms with Gasteiger partial charge in [-0.15, -0.1) is 0 Å². The predicted molar refractivity (Wildman–Crippen MR) is 96.4 cm³/mol. The first kappa shape index (κ1) is 16.5. The first-order chi connectivity index (χ1) is 12.7. The molecule has 6 nitrogen and oxygen atoms in total. The van der Waals surface area contributed by atoms with Gasteiger partial charge < -0.3 is 15.2 Å². The summed E-state index contributed by atoms with van der Waals surface area (Å²) in [6, 6.07) is 6.49. The van der Waals surface area contributed by atoms with Crippen molar-refractivity contribution < 1.29 is 14.6 Å². The van der Waals surface area contributed by atoms with Gasteiger partial charge >= 0.3 is 0 Å². The van der Waals surface area contributed by atoms with Crippen LogP contribution in [0.2, 0.25) is 0 Å². The summed E-state index contributed by atoms with van der Waals surface area (Å²) in [7, 11) is 0. The summed E-state index contributed by atoms with van der Waals surface area (Å²) in [5, 5.41) is 13.1. The zero-order valence-electron chi connectivity index (χ0n) is 14.9. The average Bonchev–Trinajstić information content (AvgIpc) is 3.31. The molecule has 4 aliphatic rings. The van der Waals surface area contributed by atoms with Crippen LogP contribution in [0.15, 0.2) is 18.2 Å². The zero-order chi connectivity index (χ0) is 17.7. The molecule has 5 rings (SSSR count). The molecular weight excluding hydrogens is 330 g/mol. The van der Waals surface area contributed by atoms with Gasteiger partial charge in [-0.2, -0.15) is 0 Å². The number of rotatable bonds is 4. The number of fused-ring (bicyclic) bond motifs is 2. The van der Waals surface area contributed by atoms with Crippen molar-refractivity contribution in [3.8, 4) is 5.75 Å². The molecule has 2 heterocycles. The fourth-order valence-corrected chi connectivity index (χ4v) is 5.15. The van der Waals surface area contributed by atoms with Gasteiger partial charge in [0.05, 0.1) is 18.8 Å². The topological polar surface area (TPSA) is 82.6 Å². The zero-order valence-corrected chi connectivity index (χ0v) is 14.9. The Morgan fingerprint density at radius 1 is 1.27 bits per heavy atom. The van der Waals surface area contributed by atoms with E-state index in [0.29, 0.717) is 17.9 Å². The van der Waals surface area contributed by atoms with Crippen LogP contribution in [0.1, 0.15) is 49.3 Å². The summed E-state index contributed by atoms with van der Waals surface area (Å²) in [4.78, 5) is 13.0. The first-order valence-corrected chi connectivity index (χ1v) is 9.94. The molecule has 3 fully saturated rings. The summed E-state index contributed by atoms with van der Waals surface area (Å²) in [5.41, 5.74) is 8.86. The van der Waals surface area contributed by atoms with Gasteiger partial charge in [-0.3, -0.25) is 10.2 Å². The Balaban J connectivity index is 1.36. The van der Waals surface area contributed by atoms with E-state index in [1.807, 2.05) is 6.07 Å². The van der Waals surface area contributed by atoms with Crippen LogP contribution in [0.5, 0.6) is 5.75 Å². The van der Waals surface area contributed by atoms with Crippen molar-refractivity contribution >= 4 is 5.91 Å². The Morgan fingerprint density at radius 3 is 3.00 bits per heavy atom. The van der Waals surface area contributed by atoms with Crippen LogP contribution in [0.4, 0.5) is 0 Å². The molecule has 2 aliphatic heterocycles. The highest BCUT2D eigenvalue weighted by atomic mass is 16.5. The van der Waals surface area contributed by atoms with Crippen LogP contribution in [0.3, 0.4) is 0 Å². The lowest BCUT2D eigenvalue weighted by Gasteiger charge is -2.39. The number of aliphatic hydroxyl groups is 1. The minimum Gasteiger partial charge on any atom is -0.493 e. The molecule has 1 saturated heterocycles. The Morgan fingerprint density at radius 2 is 2.15 bits per heavy atom. The second-order valence-electron chi connectivity index (χ2n) is 8.30. The number of carbonyl (C=O) groups is 1. The molecule has 1 aromatic rings. The number of benzene rings is 1. The minimum atomic E-state index is -0.234. The second kappa shape index (κ2) is 6.51. The van der Waals surface area contributed by atoms with Crippen LogP contribution in [0.25, 0.3) is 0 Å². The summed E-state index contributed by atoms with van der Waals surface area (Å²) in [5.74, 6) is 1.72. The number of amides is 1. The van der Waals surface area contributed by atoms with Gasteiger partial charge in [-0.25, -0.2) is 5.43 Å². The van der Waals surface area contributed by atoms with Crippen LogP contribution in [0, 0.1) is 11.8 Å². The van der Waals surface area contributed by atoms with E-state index >= 15 is 0 Å². The molecule has 0 bridgehead atoms. The fourth-order valence-electron chi connectivity index (χ4n) is 5.15. The van der Waals surface area contributed by atoms with E-state index in [9.17, 15) is 9.90 Å². The minimum absolute atomic E-state index is 0.0425. The molecule has 4 N–H and O–H groups in total. The summed E-state index contributed by atoms with van der Waals surface area (Å²) >= 11 is 0. The number of hydrogen-bond donors (Lipinski definition) is 4. The van der Waals surface area contributed by atoms with Crippen molar-refractivity contribution in [1.29, 1.82) is 0 Å². The Labute approximate surface area is 153 Å². The molecule has 140 valence electrons. The van der Waals surface area contributed by atoms with Crippen molar-refractivity contribution in [2.75, 3.05) is 6.61 Å². The molecule has 2 aliphatic carbocycles. The van der Waals surface area contributed by atoms with Crippen LogP contribution in [-0.4, -0.2) is 35.8 Å². The van der Waals surface area contributed by atoms with Gasteiger partial charge in [0.15, 0.2) is 0 Å². The molecular formula is C20H27N3O3. The fraction of sp³-hybridized carbons (Fsp3) is 0.650. The van der Waals surface area contributed by atoms with Gasteiger partial charge in [-0.05, 0) is 54.9 Å². The van der Waals surface area contributed by atoms with E-state index in [1.54, 1.807) is 0 Å². The van der Waals surface area contributed by atoms with E-state index in [0.717, 1.165) is 50.0 Å². The van der Waals surface area contributed by atoms with E-state index in [1.165, 1.54) is 12.0 Å². The average molecular weight is 357 g/mol. The van der Waals surface area contributed by atoms with Crippen molar-refractivity contribution in [3.05, 3.63) is 29.3 Å². The SMILES string of the molecule is O=C(NC(c1ccc2c(c1)CCO2)C1CC(O)C1)C1NNC2CCCC21. The Hall–Kier alpha value is -1.63. The van der Waals surface area contributed by atoms with Gasteiger partial charge in [0.1, 0.15) is 11.8 Å². The summed E-state index contributed by atoms with van der Waals surface area (Å²) in [6.45, 7) is 0.735. The molecule has 4 unspecified atom stereocenters. The number of hydrogen-bond acceptors (Lipinski definition) is 5. The van der Waals surface area contributed by atoms with Gasteiger partial charge in [0.2, 0.25) is 5.91 Å². The highest BCUT2D eigenvalue weighted by molar-refractivity contribution is 5.83. The molecule has 4 atom stereocenters. The van der Waals surface area contributed by atoms with Crippen LogP contribution in [-0.2, 0) is 11.2 Å². The lowest BCUT2D eigenvalue weighted by atomic mass is 9.74. The normalized spacial score (nSPS) is 36.0. The van der Waals surface area contributed by atoms with Crippen LogP contribution < -0.4 is 20.9 Å². The summed E-state index contributed by atoms with van der Waals surface area (Å²) in [6.07, 6.45) is 5.63. The van der Waals surface area contributed by atoms with Crippen LogP contribution >= 0.6 is 0 Å². The molecule has 1 aromatic carbocycles. The van der Waals surface area contributed by atoms with E-state index < -0.39 is 0 Å². The number of hydrazine groups is 1. The quantitative estimate of drug-likeness (QED) is 0.651. The van der Waals surface area contributed by atoms with E-state index in [4.69, 9.17) is 4.74 Å². The molecule has 1 amide bonds. The van der Waals surface area contributed by atoms with Crippen molar-refractivity contribution in [1.82, 2.24) is 16.2 Å². The van der Waals surface area contributed by atoms with Gasteiger partial charge in [0.25, 0.3) is 0 Å². The second-order valence-corrected chi connectivity index (χ2v) is 8.30. The third-order valence-electron chi connectivity index (χ3n) is 6.70. The molecule has 2 saturated carbocycles. The maximum absolute atomic E-state index is 13.0. The van der Waals surface area contributed by atoms with Crippen molar-refractivity contribution in [2.24, 2.45) is 11.8 Å². The molecule has 0 radical (unpaired) electrons.